The molecule has 30 heavy (non-hydrogen) atoms. The zero-order valence-corrected chi connectivity index (χ0v) is 18.4. The monoisotopic (exact) mass is 533 g/mol. The molecule has 7 heteroatoms. The fraction of sp³-hybridized carbons (Fsp3) is 0.0435. The SMILES string of the molecule is O=C1OC(c2cc(I)ccc2Cl)=NC1=Cc1ccc(OCc2cccc(F)c2)cc1. The molecule has 1 aliphatic heterocycles. The zero-order valence-electron chi connectivity index (χ0n) is 15.4. The number of carbonyl (C=O) groups is 1. The maximum atomic E-state index is 13.2. The molecule has 0 saturated carbocycles. The third-order valence-electron chi connectivity index (χ3n) is 4.26. The predicted molar refractivity (Wildman–Crippen MR) is 122 cm³/mol. The number of ether oxygens (including phenoxy) is 2. The lowest BCUT2D eigenvalue weighted by Gasteiger charge is -2.06. The molecular weight excluding hydrogens is 520 g/mol. The first kappa shape index (κ1) is 20.6. The molecule has 0 amide bonds. The molecule has 0 radical (unpaired) electrons. The van der Waals surface area contributed by atoms with Gasteiger partial charge in [-0.15, -0.1) is 0 Å². The van der Waals surface area contributed by atoms with Crippen molar-refractivity contribution in [2.75, 3.05) is 0 Å². The summed E-state index contributed by atoms with van der Waals surface area (Å²) < 4.78 is 25.1. The Balaban J connectivity index is 1.48. The number of cyclic esters (lactones) is 1. The van der Waals surface area contributed by atoms with E-state index in [1.54, 1.807) is 48.5 Å². The molecule has 0 fully saturated rings. The second-order valence-corrected chi connectivity index (χ2v) is 8.10. The third kappa shape index (κ3) is 4.88. The molecule has 0 bridgehead atoms. The van der Waals surface area contributed by atoms with E-state index in [1.165, 1.54) is 12.1 Å². The molecule has 0 atom stereocenters. The van der Waals surface area contributed by atoms with Crippen molar-refractivity contribution in [3.63, 3.8) is 0 Å². The van der Waals surface area contributed by atoms with Gasteiger partial charge in [0.15, 0.2) is 5.70 Å². The highest BCUT2D eigenvalue weighted by Crippen LogP contribution is 2.26. The summed E-state index contributed by atoms with van der Waals surface area (Å²) in [6.07, 6.45) is 1.63. The summed E-state index contributed by atoms with van der Waals surface area (Å²) in [4.78, 5) is 16.5. The standard InChI is InChI=1S/C23H14ClFINO3/c24-20-9-6-17(26)12-19(20)22-27-21(23(28)30-22)11-14-4-7-18(8-5-14)29-13-15-2-1-3-16(25)10-15/h1-12H,13H2. The molecule has 1 aliphatic rings. The van der Waals surface area contributed by atoms with Crippen molar-refractivity contribution in [3.8, 4) is 5.75 Å². The second kappa shape index (κ2) is 8.97. The van der Waals surface area contributed by atoms with E-state index < -0.39 is 5.97 Å². The summed E-state index contributed by atoms with van der Waals surface area (Å²) in [5.41, 5.74) is 2.26. The van der Waals surface area contributed by atoms with Crippen LogP contribution in [0, 0.1) is 9.39 Å². The number of carbonyl (C=O) groups excluding carboxylic acids is 1. The van der Waals surface area contributed by atoms with E-state index in [-0.39, 0.29) is 24.0 Å². The van der Waals surface area contributed by atoms with Crippen molar-refractivity contribution in [1.29, 1.82) is 0 Å². The van der Waals surface area contributed by atoms with E-state index in [4.69, 9.17) is 21.1 Å². The molecule has 3 aromatic carbocycles. The fourth-order valence-electron chi connectivity index (χ4n) is 2.80. The molecule has 1 heterocycles. The van der Waals surface area contributed by atoms with E-state index in [0.29, 0.717) is 16.3 Å². The average molecular weight is 534 g/mol. The van der Waals surface area contributed by atoms with E-state index in [9.17, 15) is 9.18 Å². The molecule has 0 unspecified atom stereocenters. The topological polar surface area (TPSA) is 47.9 Å². The lowest BCUT2D eigenvalue weighted by Crippen LogP contribution is -2.06. The van der Waals surface area contributed by atoms with Crippen LogP contribution >= 0.6 is 34.2 Å². The van der Waals surface area contributed by atoms with Crippen LogP contribution < -0.4 is 4.74 Å². The van der Waals surface area contributed by atoms with Crippen LogP contribution in [0.25, 0.3) is 6.08 Å². The highest BCUT2D eigenvalue weighted by Gasteiger charge is 2.25. The molecule has 0 aromatic heterocycles. The Morgan fingerprint density at radius 2 is 1.90 bits per heavy atom. The molecule has 0 aliphatic carbocycles. The van der Waals surface area contributed by atoms with Crippen LogP contribution in [0.15, 0.2) is 77.4 Å². The minimum absolute atomic E-state index is 0.185. The first-order chi connectivity index (χ1) is 14.5. The number of halogens is 3. The van der Waals surface area contributed by atoms with E-state index >= 15 is 0 Å². The molecule has 4 nitrogen and oxygen atoms in total. The number of rotatable bonds is 5. The molecule has 0 N–H and O–H groups in total. The fourth-order valence-corrected chi connectivity index (χ4v) is 3.49. The van der Waals surface area contributed by atoms with Gasteiger partial charge in [-0.25, -0.2) is 14.2 Å². The van der Waals surface area contributed by atoms with Gasteiger partial charge in [-0.1, -0.05) is 35.9 Å². The van der Waals surface area contributed by atoms with Gasteiger partial charge in [0.25, 0.3) is 0 Å². The van der Waals surface area contributed by atoms with Crippen molar-refractivity contribution in [2.24, 2.45) is 4.99 Å². The Labute approximate surface area is 191 Å². The lowest BCUT2D eigenvalue weighted by atomic mass is 10.2. The molecular formula is C23H14ClFINO3. The van der Waals surface area contributed by atoms with Gasteiger partial charge in [0.1, 0.15) is 18.2 Å². The normalized spacial score (nSPS) is 14.6. The van der Waals surface area contributed by atoms with Gasteiger partial charge in [-0.2, -0.15) is 0 Å². The van der Waals surface area contributed by atoms with Crippen LogP contribution in [0.3, 0.4) is 0 Å². The summed E-state index contributed by atoms with van der Waals surface area (Å²) >= 11 is 8.36. The number of esters is 1. The van der Waals surface area contributed by atoms with Gasteiger partial charge in [-0.05, 0) is 82.3 Å². The highest BCUT2D eigenvalue weighted by atomic mass is 127. The molecule has 150 valence electrons. The van der Waals surface area contributed by atoms with Crippen LogP contribution in [-0.4, -0.2) is 11.9 Å². The van der Waals surface area contributed by atoms with Crippen molar-refractivity contribution in [2.45, 2.75) is 6.61 Å². The van der Waals surface area contributed by atoms with Gasteiger partial charge in [0.2, 0.25) is 5.90 Å². The smallest absolute Gasteiger partial charge is 0.363 e. The van der Waals surface area contributed by atoms with Crippen LogP contribution in [0.4, 0.5) is 4.39 Å². The Bertz CT molecular complexity index is 1180. The number of hydrogen-bond acceptors (Lipinski definition) is 4. The molecule has 0 spiro atoms. The van der Waals surface area contributed by atoms with Gasteiger partial charge in [0, 0.05) is 3.57 Å². The lowest BCUT2D eigenvalue weighted by molar-refractivity contribution is -0.129. The largest absolute Gasteiger partial charge is 0.489 e. The second-order valence-electron chi connectivity index (χ2n) is 6.45. The first-order valence-corrected chi connectivity index (χ1v) is 10.4. The van der Waals surface area contributed by atoms with E-state index in [0.717, 1.165) is 14.7 Å². The summed E-state index contributed by atoms with van der Waals surface area (Å²) in [5, 5.41) is 0.461. The summed E-state index contributed by atoms with van der Waals surface area (Å²) in [7, 11) is 0. The van der Waals surface area contributed by atoms with Gasteiger partial charge >= 0.3 is 5.97 Å². The van der Waals surface area contributed by atoms with Crippen molar-refractivity contribution >= 4 is 52.1 Å². The Morgan fingerprint density at radius 1 is 1.10 bits per heavy atom. The highest BCUT2D eigenvalue weighted by molar-refractivity contribution is 14.1. The minimum atomic E-state index is -0.536. The van der Waals surface area contributed by atoms with Crippen LogP contribution in [0.1, 0.15) is 16.7 Å². The van der Waals surface area contributed by atoms with Gasteiger partial charge < -0.3 is 9.47 Å². The quantitative estimate of drug-likeness (QED) is 0.229. The Kier molecular flexibility index (Phi) is 6.15. The van der Waals surface area contributed by atoms with Gasteiger partial charge in [0.05, 0.1) is 10.6 Å². The van der Waals surface area contributed by atoms with Crippen LogP contribution in [0.2, 0.25) is 5.02 Å². The summed E-state index contributed by atoms with van der Waals surface area (Å²) in [5.74, 6) is -0.0191. The van der Waals surface area contributed by atoms with Crippen molar-refractivity contribution in [1.82, 2.24) is 0 Å². The molecule has 3 aromatic rings. The number of hydrogen-bond donors (Lipinski definition) is 0. The van der Waals surface area contributed by atoms with Gasteiger partial charge in [-0.3, -0.25) is 0 Å². The summed E-state index contributed by atoms with van der Waals surface area (Å²) in [6.45, 7) is 0.259. The van der Waals surface area contributed by atoms with Crippen molar-refractivity contribution < 1.29 is 18.7 Å². The van der Waals surface area contributed by atoms with E-state index in [2.05, 4.69) is 27.6 Å². The van der Waals surface area contributed by atoms with Crippen LogP contribution in [-0.2, 0) is 16.1 Å². The number of aliphatic imine (C=N–C) groups is 1. The van der Waals surface area contributed by atoms with Crippen molar-refractivity contribution in [3.05, 3.63) is 104 Å². The zero-order chi connectivity index (χ0) is 21.1. The Hall–Kier alpha value is -2.71. The van der Waals surface area contributed by atoms with Crippen LogP contribution in [0.5, 0.6) is 5.75 Å². The third-order valence-corrected chi connectivity index (χ3v) is 5.26. The van der Waals surface area contributed by atoms with E-state index in [1.807, 2.05) is 12.1 Å². The molecule has 4 rings (SSSR count). The maximum Gasteiger partial charge on any atom is 0.363 e. The summed E-state index contributed by atoms with van der Waals surface area (Å²) in [6, 6.07) is 18.8. The average Bonchev–Trinajstić information content (AvgIpc) is 3.09. The molecule has 0 saturated heterocycles. The number of benzene rings is 3. The minimum Gasteiger partial charge on any atom is -0.489 e. The Morgan fingerprint density at radius 3 is 2.67 bits per heavy atom. The maximum absolute atomic E-state index is 13.2. The number of nitrogens with zero attached hydrogens (tertiary/aromatic N) is 1. The predicted octanol–water partition coefficient (Wildman–Crippen LogP) is 6.01. The first-order valence-electron chi connectivity index (χ1n) is 8.93.